The largest absolute Gasteiger partial charge is 0.439 e. The summed E-state index contributed by atoms with van der Waals surface area (Å²) in [4.78, 5) is 28.6. The van der Waals surface area contributed by atoms with Crippen LogP contribution in [0.2, 0.25) is 0 Å². The zero-order chi connectivity index (χ0) is 22.2. The minimum Gasteiger partial charge on any atom is -0.439 e. The van der Waals surface area contributed by atoms with E-state index in [-0.39, 0.29) is 22.9 Å². The van der Waals surface area contributed by atoms with Crippen molar-refractivity contribution >= 4 is 29.3 Å². The van der Waals surface area contributed by atoms with Gasteiger partial charge in [0.25, 0.3) is 0 Å². The number of hydrogen-bond donors (Lipinski definition) is 2. The van der Waals surface area contributed by atoms with E-state index < -0.39 is 0 Å². The molecule has 0 aliphatic rings. The highest BCUT2D eigenvalue weighted by atomic mass is 32.2. The Morgan fingerprint density at radius 3 is 2.55 bits per heavy atom. The SMILES string of the molecule is CC(=O)Nc1ccc(SC(C)C(=O)NCc2ccc(Oc3cccc(F)c3)nc2)cc1. The summed E-state index contributed by atoms with van der Waals surface area (Å²) < 4.78 is 18.7. The number of aromatic nitrogens is 1. The molecule has 0 fully saturated rings. The van der Waals surface area contributed by atoms with E-state index in [9.17, 15) is 14.0 Å². The van der Waals surface area contributed by atoms with Gasteiger partial charge >= 0.3 is 0 Å². The van der Waals surface area contributed by atoms with Gasteiger partial charge in [0.2, 0.25) is 17.7 Å². The summed E-state index contributed by atoms with van der Waals surface area (Å²) in [5.41, 5.74) is 1.53. The number of ether oxygens (including phenoxy) is 1. The first-order chi connectivity index (χ1) is 14.9. The molecule has 2 amide bonds. The molecule has 0 bridgehead atoms. The highest BCUT2D eigenvalue weighted by Gasteiger charge is 2.14. The number of amides is 2. The average Bonchev–Trinajstić information content (AvgIpc) is 2.74. The van der Waals surface area contributed by atoms with Crippen LogP contribution in [-0.4, -0.2) is 22.0 Å². The lowest BCUT2D eigenvalue weighted by molar-refractivity contribution is -0.120. The molecule has 31 heavy (non-hydrogen) atoms. The van der Waals surface area contributed by atoms with Crippen LogP contribution in [0.3, 0.4) is 0 Å². The molecule has 3 aromatic rings. The van der Waals surface area contributed by atoms with Crippen LogP contribution in [0.25, 0.3) is 0 Å². The minimum absolute atomic E-state index is 0.101. The smallest absolute Gasteiger partial charge is 0.233 e. The third kappa shape index (κ3) is 7.11. The second-order valence-electron chi connectivity index (χ2n) is 6.75. The zero-order valence-electron chi connectivity index (χ0n) is 17.1. The van der Waals surface area contributed by atoms with Crippen LogP contribution < -0.4 is 15.4 Å². The van der Waals surface area contributed by atoms with Gasteiger partial charge in [0, 0.05) is 42.4 Å². The van der Waals surface area contributed by atoms with Crippen LogP contribution in [0.4, 0.5) is 10.1 Å². The number of halogens is 1. The van der Waals surface area contributed by atoms with Crippen LogP contribution in [0.1, 0.15) is 19.4 Å². The first-order valence-electron chi connectivity index (χ1n) is 9.59. The Balaban J connectivity index is 1.47. The van der Waals surface area contributed by atoms with Crippen molar-refractivity contribution < 1.29 is 18.7 Å². The molecule has 0 radical (unpaired) electrons. The molecular weight excluding hydrogens is 417 g/mol. The quantitative estimate of drug-likeness (QED) is 0.494. The molecule has 160 valence electrons. The van der Waals surface area contributed by atoms with Crippen molar-refractivity contribution in [3.05, 3.63) is 78.2 Å². The highest BCUT2D eigenvalue weighted by Crippen LogP contribution is 2.25. The van der Waals surface area contributed by atoms with Crippen LogP contribution in [0.5, 0.6) is 11.6 Å². The van der Waals surface area contributed by atoms with Gasteiger partial charge < -0.3 is 15.4 Å². The number of benzene rings is 2. The van der Waals surface area contributed by atoms with Gasteiger partial charge in [-0.3, -0.25) is 9.59 Å². The van der Waals surface area contributed by atoms with E-state index in [1.165, 1.54) is 30.8 Å². The lowest BCUT2D eigenvalue weighted by atomic mass is 10.3. The van der Waals surface area contributed by atoms with Gasteiger partial charge in [-0.2, -0.15) is 0 Å². The number of nitrogens with one attached hydrogen (secondary N) is 2. The van der Waals surface area contributed by atoms with E-state index in [0.29, 0.717) is 23.9 Å². The number of nitrogens with zero attached hydrogens (tertiary/aromatic N) is 1. The molecule has 2 N–H and O–H groups in total. The van der Waals surface area contributed by atoms with Gasteiger partial charge in [0.05, 0.1) is 5.25 Å². The second kappa shape index (κ2) is 10.6. The summed E-state index contributed by atoms with van der Waals surface area (Å²) >= 11 is 1.43. The average molecular weight is 440 g/mol. The maximum absolute atomic E-state index is 13.2. The molecular formula is C23H22FN3O3S. The standard InChI is InChI=1S/C23H22FN3O3S/c1-15(31-21-9-7-19(8-10-21)27-16(2)28)23(29)26-14-17-6-11-22(25-13-17)30-20-5-3-4-18(24)12-20/h3-13,15H,14H2,1-2H3,(H,26,29)(H,27,28). The molecule has 6 nitrogen and oxygen atoms in total. The Kier molecular flexibility index (Phi) is 7.61. The van der Waals surface area contributed by atoms with E-state index in [2.05, 4.69) is 15.6 Å². The van der Waals surface area contributed by atoms with Crippen molar-refractivity contribution in [3.63, 3.8) is 0 Å². The lowest BCUT2D eigenvalue weighted by Crippen LogP contribution is -2.30. The first-order valence-corrected chi connectivity index (χ1v) is 10.5. The molecule has 0 saturated carbocycles. The Bertz CT molecular complexity index is 1040. The number of rotatable bonds is 8. The van der Waals surface area contributed by atoms with Crippen molar-refractivity contribution in [1.82, 2.24) is 10.3 Å². The van der Waals surface area contributed by atoms with Crippen molar-refractivity contribution in [2.24, 2.45) is 0 Å². The molecule has 1 atom stereocenters. The number of carbonyl (C=O) groups excluding carboxylic acids is 2. The van der Waals surface area contributed by atoms with E-state index in [0.717, 1.165) is 10.5 Å². The van der Waals surface area contributed by atoms with Crippen molar-refractivity contribution in [3.8, 4) is 11.6 Å². The van der Waals surface area contributed by atoms with E-state index >= 15 is 0 Å². The zero-order valence-corrected chi connectivity index (χ0v) is 17.9. The normalized spacial score (nSPS) is 11.5. The number of pyridine rings is 1. The molecule has 1 aromatic heterocycles. The lowest BCUT2D eigenvalue weighted by Gasteiger charge is -2.13. The number of carbonyl (C=O) groups is 2. The second-order valence-corrected chi connectivity index (χ2v) is 8.16. The van der Waals surface area contributed by atoms with Crippen molar-refractivity contribution in [2.45, 2.75) is 30.5 Å². The van der Waals surface area contributed by atoms with Crippen molar-refractivity contribution in [2.75, 3.05) is 5.32 Å². The molecule has 2 aromatic carbocycles. The topological polar surface area (TPSA) is 80.3 Å². The predicted octanol–water partition coefficient (Wildman–Crippen LogP) is 4.77. The fraction of sp³-hybridized carbons (Fsp3) is 0.174. The summed E-state index contributed by atoms with van der Waals surface area (Å²) in [5, 5.41) is 5.30. The van der Waals surface area contributed by atoms with Crippen LogP contribution in [0, 0.1) is 5.82 Å². The Morgan fingerprint density at radius 1 is 1.13 bits per heavy atom. The van der Waals surface area contributed by atoms with Crippen LogP contribution >= 0.6 is 11.8 Å². The fourth-order valence-electron chi connectivity index (χ4n) is 2.64. The Labute approximate surface area is 184 Å². The molecule has 0 aliphatic carbocycles. The number of hydrogen-bond acceptors (Lipinski definition) is 5. The van der Waals surface area contributed by atoms with Crippen LogP contribution in [-0.2, 0) is 16.1 Å². The molecule has 8 heteroatoms. The molecule has 0 aliphatic heterocycles. The van der Waals surface area contributed by atoms with E-state index in [4.69, 9.17) is 4.74 Å². The maximum atomic E-state index is 13.2. The third-order valence-electron chi connectivity index (χ3n) is 4.14. The highest BCUT2D eigenvalue weighted by molar-refractivity contribution is 8.00. The fourth-order valence-corrected chi connectivity index (χ4v) is 3.53. The molecule has 1 heterocycles. The number of anilines is 1. The van der Waals surface area contributed by atoms with Gasteiger partial charge in [0.1, 0.15) is 11.6 Å². The third-order valence-corrected chi connectivity index (χ3v) is 5.25. The van der Waals surface area contributed by atoms with Gasteiger partial charge in [0.15, 0.2) is 0 Å². The van der Waals surface area contributed by atoms with E-state index in [1.807, 2.05) is 19.1 Å². The van der Waals surface area contributed by atoms with Gasteiger partial charge in [-0.15, -0.1) is 11.8 Å². The molecule has 0 saturated heterocycles. The summed E-state index contributed by atoms with van der Waals surface area (Å²) in [6, 6.07) is 16.6. The van der Waals surface area contributed by atoms with Gasteiger partial charge in [-0.25, -0.2) is 9.37 Å². The predicted molar refractivity (Wildman–Crippen MR) is 119 cm³/mol. The van der Waals surface area contributed by atoms with E-state index in [1.54, 1.807) is 42.6 Å². The molecule has 0 spiro atoms. The summed E-state index contributed by atoms with van der Waals surface area (Å²) in [5.74, 6) is 0.0940. The molecule has 3 rings (SSSR count). The Morgan fingerprint density at radius 2 is 1.90 bits per heavy atom. The minimum atomic E-state index is -0.382. The molecule has 1 unspecified atom stereocenters. The maximum Gasteiger partial charge on any atom is 0.233 e. The van der Waals surface area contributed by atoms with Crippen molar-refractivity contribution in [1.29, 1.82) is 0 Å². The monoisotopic (exact) mass is 439 g/mol. The summed E-state index contributed by atoms with van der Waals surface area (Å²) in [7, 11) is 0. The summed E-state index contributed by atoms with van der Waals surface area (Å²) in [6.07, 6.45) is 1.60. The summed E-state index contributed by atoms with van der Waals surface area (Å²) in [6.45, 7) is 3.62. The van der Waals surface area contributed by atoms with Gasteiger partial charge in [-0.1, -0.05) is 12.1 Å². The first kappa shape index (κ1) is 22.3. The van der Waals surface area contributed by atoms with Gasteiger partial charge in [-0.05, 0) is 48.9 Å². The van der Waals surface area contributed by atoms with Crippen LogP contribution in [0.15, 0.2) is 71.8 Å². The number of thioether (sulfide) groups is 1. The Hall–Kier alpha value is -3.39.